The van der Waals surface area contributed by atoms with Crippen molar-refractivity contribution in [2.75, 3.05) is 12.4 Å². The van der Waals surface area contributed by atoms with Crippen LogP contribution in [0.15, 0.2) is 16.2 Å². The van der Waals surface area contributed by atoms with Gasteiger partial charge in [-0.15, -0.1) is 5.10 Å². The predicted molar refractivity (Wildman–Crippen MR) is 73.2 cm³/mol. The zero-order valence-corrected chi connectivity index (χ0v) is 12.5. The molecule has 0 fully saturated rings. The van der Waals surface area contributed by atoms with E-state index < -0.39 is 0 Å². The Hall–Kier alpha value is -1.70. The minimum atomic E-state index is -0.111. The molecule has 0 unspecified atom stereocenters. The molecule has 0 amide bonds. The molecule has 0 aliphatic rings. The highest BCUT2D eigenvalue weighted by Crippen LogP contribution is 2.28. The lowest BCUT2D eigenvalue weighted by Crippen LogP contribution is -2.17. The van der Waals surface area contributed by atoms with Crippen molar-refractivity contribution in [3.8, 4) is 0 Å². The SMILES string of the molecule is CNc1cc(Sc2nnnn2C)nc(C(C)(C)C)n1. The van der Waals surface area contributed by atoms with E-state index >= 15 is 0 Å². The molecule has 2 aromatic rings. The second kappa shape index (κ2) is 5.12. The molecule has 0 spiro atoms. The van der Waals surface area contributed by atoms with Crippen molar-refractivity contribution in [2.45, 2.75) is 36.4 Å². The quantitative estimate of drug-likeness (QED) is 0.852. The molecule has 19 heavy (non-hydrogen) atoms. The smallest absolute Gasteiger partial charge is 0.215 e. The Morgan fingerprint density at radius 2 is 2.00 bits per heavy atom. The summed E-state index contributed by atoms with van der Waals surface area (Å²) >= 11 is 1.42. The Labute approximate surface area is 116 Å². The van der Waals surface area contributed by atoms with E-state index in [0.717, 1.165) is 16.7 Å². The van der Waals surface area contributed by atoms with Gasteiger partial charge in [0.2, 0.25) is 5.16 Å². The highest BCUT2D eigenvalue weighted by atomic mass is 32.2. The fourth-order valence-electron chi connectivity index (χ4n) is 1.34. The second-order valence-corrected chi connectivity index (χ2v) is 6.09. The summed E-state index contributed by atoms with van der Waals surface area (Å²) in [6.45, 7) is 6.25. The third-order valence-electron chi connectivity index (χ3n) is 2.41. The van der Waals surface area contributed by atoms with Crippen LogP contribution in [0.25, 0.3) is 0 Å². The van der Waals surface area contributed by atoms with Crippen molar-refractivity contribution in [3.63, 3.8) is 0 Å². The van der Waals surface area contributed by atoms with Crippen molar-refractivity contribution in [1.29, 1.82) is 0 Å². The zero-order valence-electron chi connectivity index (χ0n) is 11.7. The lowest BCUT2D eigenvalue weighted by molar-refractivity contribution is 0.539. The molecule has 0 atom stereocenters. The molecule has 2 heterocycles. The lowest BCUT2D eigenvalue weighted by atomic mass is 9.96. The summed E-state index contributed by atoms with van der Waals surface area (Å²) in [4.78, 5) is 9.05. The van der Waals surface area contributed by atoms with Crippen LogP contribution in [0, 0.1) is 0 Å². The molecular weight excluding hydrogens is 262 g/mol. The molecular formula is C11H17N7S. The Morgan fingerprint density at radius 3 is 2.53 bits per heavy atom. The molecule has 1 N–H and O–H groups in total. The maximum atomic E-state index is 4.57. The van der Waals surface area contributed by atoms with E-state index in [1.54, 1.807) is 11.7 Å². The third kappa shape index (κ3) is 3.19. The van der Waals surface area contributed by atoms with Gasteiger partial charge in [0.1, 0.15) is 16.7 Å². The molecule has 2 rings (SSSR count). The zero-order chi connectivity index (χ0) is 14.0. The van der Waals surface area contributed by atoms with Crippen LogP contribution in [0.1, 0.15) is 26.6 Å². The van der Waals surface area contributed by atoms with Crippen molar-refractivity contribution >= 4 is 17.6 Å². The first-order valence-electron chi connectivity index (χ1n) is 5.87. The summed E-state index contributed by atoms with van der Waals surface area (Å²) in [5, 5.41) is 15.9. The van der Waals surface area contributed by atoms with E-state index in [9.17, 15) is 0 Å². The molecule has 0 aliphatic carbocycles. The summed E-state index contributed by atoms with van der Waals surface area (Å²) < 4.78 is 1.61. The monoisotopic (exact) mass is 279 g/mol. The van der Waals surface area contributed by atoms with E-state index in [0.29, 0.717) is 5.16 Å². The Bertz CT molecular complexity index is 573. The van der Waals surface area contributed by atoms with Crippen molar-refractivity contribution in [2.24, 2.45) is 7.05 Å². The van der Waals surface area contributed by atoms with E-state index in [1.165, 1.54) is 11.8 Å². The van der Waals surface area contributed by atoms with Gasteiger partial charge in [0.05, 0.1) is 0 Å². The number of tetrazole rings is 1. The molecule has 0 saturated carbocycles. The number of rotatable bonds is 3. The summed E-state index contributed by atoms with van der Waals surface area (Å²) in [6.07, 6.45) is 0. The van der Waals surface area contributed by atoms with Gasteiger partial charge >= 0.3 is 0 Å². The fourth-order valence-corrected chi connectivity index (χ4v) is 2.08. The number of hydrogen-bond donors (Lipinski definition) is 1. The normalized spacial score (nSPS) is 11.6. The number of anilines is 1. The highest BCUT2D eigenvalue weighted by Gasteiger charge is 2.19. The van der Waals surface area contributed by atoms with E-state index in [4.69, 9.17) is 0 Å². The van der Waals surface area contributed by atoms with Gasteiger partial charge < -0.3 is 5.32 Å². The average Bonchev–Trinajstić information content (AvgIpc) is 2.73. The van der Waals surface area contributed by atoms with E-state index in [1.807, 2.05) is 13.1 Å². The summed E-state index contributed by atoms with van der Waals surface area (Å²) in [7, 11) is 3.64. The van der Waals surface area contributed by atoms with E-state index in [-0.39, 0.29) is 5.41 Å². The van der Waals surface area contributed by atoms with Gasteiger partial charge in [-0.05, 0) is 22.2 Å². The van der Waals surface area contributed by atoms with Crippen molar-refractivity contribution in [1.82, 2.24) is 30.2 Å². The third-order valence-corrected chi connectivity index (χ3v) is 3.35. The second-order valence-electron chi connectivity index (χ2n) is 5.10. The molecule has 0 saturated heterocycles. The Balaban J connectivity index is 2.37. The van der Waals surface area contributed by atoms with E-state index in [2.05, 4.69) is 51.6 Å². The van der Waals surface area contributed by atoms with Crippen LogP contribution in [-0.4, -0.2) is 37.2 Å². The summed E-state index contributed by atoms with van der Waals surface area (Å²) in [5.74, 6) is 1.58. The number of aromatic nitrogens is 6. The highest BCUT2D eigenvalue weighted by molar-refractivity contribution is 7.99. The standard InChI is InChI=1S/C11H17N7S/c1-11(2,3)9-13-7(12-4)6-8(14-9)19-10-15-16-17-18(10)5/h6H,1-5H3,(H,12,13,14). The molecule has 2 aromatic heterocycles. The summed E-state index contributed by atoms with van der Waals surface area (Å²) in [5.41, 5.74) is -0.111. The molecule has 8 heteroatoms. The van der Waals surface area contributed by atoms with Gasteiger partial charge in [-0.3, -0.25) is 0 Å². The minimum absolute atomic E-state index is 0.111. The maximum absolute atomic E-state index is 4.57. The van der Waals surface area contributed by atoms with Gasteiger partial charge in [-0.1, -0.05) is 20.8 Å². The van der Waals surface area contributed by atoms with Gasteiger partial charge in [0, 0.05) is 25.6 Å². The predicted octanol–water partition coefficient (Wildman–Crippen LogP) is 1.49. The lowest BCUT2D eigenvalue weighted by Gasteiger charge is -2.18. The van der Waals surface area contributed by atoms with Crippen LogP contribution < -0.4 is 5.32 Å². The largest absolute Gasteiger partial charge is 0.373 e. The van der Waals surface area contributed by atoms with Crippen LogP contribution in [0.4, 0.5) is 5.82 Å². The average molecular weight is 279 g/mol. The number of hydrogen-bond acceptors (Lipinski definition) is 7. The number of nitrogens with one attached hydrogen (secondary N) is 1. The van der Waals surface area contributed by atoms with Crippen molar-refractivity contribution < 1.29 is 0 Å². The molecule has 0 aromatic carbocycles. The number of nitrogens with zero attached hydrogens (tertiary/aromatic N) is 6. The molecule has 7 nitrogen and oxygen atoms in total. The molecule has 0 aliphatic heterocycles. The first-order chi connectivity index (χ1) is 8.90. The minimum Gasteiger partial charge on any atom is -0.373 e. The maximum Gasteiger partial charge on any atom is 0.215 e. The van der Waals surface area contributed by atoms with Gasteiger partial charge in [-0.2, -0.15) is 0 Å². The van der Waals surface area contributed by atoms with Gasteiger partial charge in [-0.25, -0.2) is 14.6 Å². The number of aryl methyl sites for hydroxylation is 1. The Morgan fingerprint density at radius 1 is 1.26 bits per heavy atom. The van der Waals surface area contributed by atoms with Gasteiger partial charge in [0.25, 0.3) is 0 Å². The van der Waals surface area contributed by atoms with Crippen LogP contribution in [0.2, 0.25) is 0 Å². The summed E-state index contributed by atoms with van der Waals surface area (Å²) in [6, 6.07) is 1.88. The first kappa shape index (κ1) is 13.7. The van der Waals surface area contributed by atoms with Crippen LogP contribution in [0.3, 0.4) is 0 Å². The topological polar surface area (TPSA) is 81.4 Å². The van der Waals surface area contributed by atoms with Crippen LogP contribution in [0.5, 0.6) is 0 Å². The van der Waals surface area contributed by atoms with Crippen molar-refractivity contribution in [3.05, 3.63) is 11.9 Å². The van der Waals surface area contributed by atoms with Crippen LogP contribution in [-0.2, 0) is 12.5 Å². The fraction of sp³-hybridized carbons (Fsp3) is 0.545. The molecule has 102 valence electrons. The van der Waals surface area contributed by atoms with Crippen LogP contribution >= 0.6 is 11.8 Å². The first-order valence-corrected chi connectivity index (χ1v) is 6.69. The van der Waals surface area contributed by atoms with Gasteiger partial charge in [0.15, 0.2) is 0 Å². The molecule has 0 bridgehead atoms. The molecule has 0 radical (unpaired) electrons. The Kier molecular flexibility index (Phi) is 3.70.